The summed E-state index contributed by atoms with van der Waals surface area (Å²) in [6.07, 6.45) is 15.2. The molecule has 0 aromatic rings. The molecule has 0 spiro atoms. The predicted octanol–water partition coefficient (Wildman–Crippen LogP) is 5.58. The summed E-state index contributed by atoms with van der Waals surface area (Å²) in [4.78, 5) is 23.7. The van der Waals surface area contributed by atoms with Crippen LogP contribution in [0.25, 0.3) is 0 Å². The van der Waals surface area contributed by atoms with E-state index in [-0.39, 0.29) is 18.0 Å². The molecule has 0 saturated carbocycles. The lowest BCUT2D eigenvalue weighted by atomic mass is 9.95. The Balaban J connectivity index is 3.09. The number of aliphatic hydroxyl groups is 2. The van der Waals surface area contributed by atoms with Gasteiger partial charge in [-0.1, -0.05) is 89.3 Å². The fraction of sp³-hybridized carbons (Fsp3) is 0.500. The lowest BCUT2D eigenvalue weighted by molar-refractivity contribution is -0.144. The number of primary amides is 1. The topological polar surface area (TPSA) is 119 Å². The number of halogens is 1. The molecule has 0 aromatic heterocycles. The number of nitrogens with two attached hydrogens (primary N) is 1. The Morgan fingerprint density at radius 3 is 2.69 bits per heavy atom. The van der Waals surface area contributed by atoms with E-state index in [0.717, 1.165) is 11.1 Å². The minimum Gasteiger partial charge on any atom is -0.458 e. The second kappa shape index (κ2) is 18.1. The summed E-state index contributed by atoms with van der Waals surface area (Å²) in [6, 6.07) is 0. The van der Waals surface area contributed by atoms with Crippen molar-refractivity contribution in [2.75, 3.05) is 0 Å². The standard InChI is InChI=1S/C28H40INO6/c1-20-10-6-4-8-12-25(36-28(30)34)24(32)15-14-23(31)11-7-5-9-13-27(33)35-26(19-20)22(3)18-21(2)16-17-29/h4,6,9-10,13-18,22-26,31-32H,5,7-8,11-12,19H2,1-3H3,(H2,30,34)/b6-4+,13-9+,15-14?,17-16+,20-10-,21-18+/t22-,23+,24+,25?,26-/m1/s1. The van der Waals surface area contributed by atoms with Crippen LogP contribution in [0.15, 0.2) is 69.9 Å². The summed E-state index contributed by atoms with van der Waals surface area (Å²) in [5.74, 6) is -0.376. The molecule has 1 aliphatic rings. The molecule has 1 unspecified atom stereocenters. The first-order chi connectivity index (χ1) is 17.1. The molecule has 0 saturated heterocycles. The van der Waals surface area contributed by atoms with E-state index in [1.54, 1.807) is 6.08 Å². The Morgan fingerprint density at radius 1 is 1.25 bits per heavy atom. The molecule has 0 aliphatic carbocycles. The van der Waals surface area contributed by atoms with Gasteiger partial charge < -0.3 is 25.4 Å². The quantitative estimate of drug-likeness (QED) is 0.165. The van der Waals surface area contributed by atoms with Gasteiger partial charge in [-0.05, 0) is 50.0 Å². The number of carbonyl (C=O) groups excluding carboxylic acids is 2. The van der Waals surface area contributed by atoms with Crippen LogP contribution < -0.4 is 5.73 Å². The Labute approximate surface area is 228 Å². The number of aliphatic hydroxyl groups excluding tert-OH is 2. The minimum absolute atomic E-state index is 0.00951. The molecule has 200 valence electrons. The summed E-state index contributed by atoms with van der Waals surface area (Å²) < 4.78 is 12.8. The molecule has 0 fully saturated rings. The summed E-state index contributed by atoms with van der Waals surface area (Å²) in [5.41, 5.74) is 7.30. The molecule has 5 atom stereocenters. The van der Waals surface area contributed by atoms with Gasteiger partial charge in [0.15, 0.2) is 0 Å². The average molecular weight is 614 g/mol. The molecule has 1 rings (SSSR count). The van der Waals surface area contributed by atoms with Crippen molar-refractivity contribution in [2.45, 2.75) is 83.7 Å². The van der Waals surface area contributed by atoms with Gasteiger partial charge in [-0.2, -0.15) is 0 Å². The number of esters is 1. The zero-order valence-corrected chi connectivity index (χ0v) is 23.5. The summed E-state index contributed by atoms with van der Waals surface area (Å²) in [5, 5.41) is 20.6. The van der Waals surface area contributed by atoms with Crippen LogP contribution in [0, 0.1) is 5.92 Å². The van der Waals surface area contributed by atoms with E-state index in [1.165, 1.54) is 18.2 Å². The van der Waals surface area contributed by atoms with Gasteiger partial charge >= 0.3 is 12.1 Å². The minimum atomic E-state index is -1.08. The number of carbonyl (C=O) groups is 2. The van der Waals surface area contributed by atoms with Crippen molar-refractivity contribution in [3.05, 3.63) is 69.9 Å². The summed E-state index contributed by atoms with van der Waals surface area (Å²) in [6.45, 7) is 6.03. The molecule has 1 heterocycles. The van der Waals surface area contributed by atoms with Crippen LogP contribution >= 0.6 is 22.6 Å². The molecular weight excluding hydrogens is 573 g/mol. The molecule has 0 radical (unpaired) electrons. The van der Waals surface area contributed by atoms with Crippen LogP contribution in [0.2, 0.25) is 0 Å². The molecular formula is C28H40INO6. The maximum Gasteiger partial charge on any atom is 0.404 e. The SMILES string of the molecule is C/C1=C/C=C/CCC(OC(N)=O)[C@@H](O)C=C[C@@H](O)CCC/C=C/C(=O)O[C@@H]([C@H](C)/C=C(C)/C=C/I)C1. The van der Waals surface area contributed by atoms with Crippen LogP contribution in [-0.2, 0) is 14.3 Å². The molecule has 1 amide bonds. The highest BCUT2D eigenvalue weighted by Gasteiger charge is 2.21. The van der Waals surface area contributed by atoms with E-state index in [4.69, 9.17) is 15.2 Å². The van der Waals surface area contributed by atoms with Gasteiger partial charge in [-0.15, -0.1) is 0 Å². The number of amides is 1. The Bertz CT molecular complexity index is 873. The van der Waals surface area contributed by atoms with Crippen LogP contribution in [0.3, 0.4) is 0 Å². The maximum atomic E-state index is 12.5. The zero-order chi connectivity index (χ0) is 26.9. The highest BCUT2D eigenvalue weighted by Crippen LogP contribution is 2.21. The largest absolute Gasteiger partial charge is 0.458 e. The number of cyclic esters (lactones) is 1. The molecule has 4 N–H and O–H groups in total. The van der Waals surface area contributed by atoms with E-state index in [9.17, 15) is 19.8 Å². The van der Waals surface area contributed by atoms with Crippen LogP contribution in [-0.4, -0.2) is 46.7 Å². The third kappa shape index (κ3) is 14.4. The van der Waals surface area contributed by atoms with E-state index in [1.807, 2.05) is 49.2 Å². The summed E-state index contributed by atoms with van der Waals surface area (Å²) >= 11 is 2.17. The van der Waals surface area contributed by atoms with Crippen molar-refractivity contribution in [3.8, 4) is 0 Å². The molecule has 36 heavy (non-hydrogen) atoms. The third-order valence-electron chi connectivity index (χ3n) is 5.67. The lowest BCUT2D eigenvalue weighted by Gasteiger charge is -2.22. The van der Waals surface area contributed by atoms with Crippen LogP contribution in [0.5, 0.6) is 0 Å². The smallest absolute Gasteiger partial charge is 0.404 e. The van der Waals surface area contributed by atoms with E-state index in [2.05, 4.69) is 28.7 Å². The van der Waals surface area contributed by atoms with Crippen molar-refractivity contribution >= 4 is 34.7 Å². The highest BCUT2D eigenvalue weighted by atomic mass is 127. The van der Waals surface area contributed by atoms with Crippen LogP contribution in [0.4, 0.5) is 4.79 Å². The highest BCUT2D eigenvalue weighted by molar-refractivity contribution is 14.1. The summed E-state index contributed by atoms with van der Waals surface area (Å²) in [7, 11) is 0. The zero-order valence-electron chi connectivity index (χ0n) is 21.4. The second-order valence-electron chi connectivity index (χ2n) is 9.01. The Kier molecular flexibility index (Phi) is 16.0. The molecule has 1 aliphatic heterocycles. The van der Waals surface area contributed by atoms with Gasteiger partial charge in [0, 0.05) is 18.4 Å². The van der Waals surface area contributed by atoms with E-state index in [0.29, 0.717) is 38.5 Å². The number of allylic oxidation sites excluding steroid dienone is 6. The second-order valence-corrected chi connectivity index (χ2v) is 9.73. The van der Waals surface area contributed by atoms with Gasteiger partial charge in [0.25, 0.3) is 0 Å². The first kappa shape index (κ1) is 31.9. The molecule has 0 aromatic carbocycles. The molecule has 0 bridgehead atoms. The van der Waals surface area contributed by atoms with Gasteiger partial charge in [0.2, 0.25) is 0 Å². The van der Waals surface area contributed by atoms with Gasteiger partial charge in [-0.3, -0.25) is 0 Å². The van der Waals surface area contributed by atoms with Crippen molar-refractivity contribution in [1.29, 1.82) is 0 Å². The predicted molar refractivity (Wildman–Crippen MR) is 151 cm³/mol. The van der Waals surface area contributed by atoms with Gasteiger partial charge in [0.05, 0.1) is 6.10 Å². The van der Waals surface area contributed by atoms with Crippen LogP contribution in [0.1, 0.15) is 59.3 Å². The lowest BCUT2D eigenvalue weighted by Crippen LogP contribution is -2.32. The Hall–Kier alpha value is -2.17. The fourth-order valence-corrected chi connectivity index (χ4v) is 4.28. The fourth-order valence-electron chi connectivity index (χ4n) is 3.71. The number of rotatable bonds is 4. The van der Waals surface area contributed by atoms with Crippen molar-refractivity contribution in [3.63, 3.8) is 0 Å². The number of hydrogen-bond acceptors (Lipinski definition) is 6. The first-order valence-corrected chi connectivity index (χ1v) is 13.5. The van der Waals surface area contributed by atoms with Gasteiger partial charge in [0.1, 0.15) is 18.3 Å². The third-order valence-corrected chi connectivity index (χ3v) is 6.03. The van der Waals surface area contributed by atoms with E-state index >= 15 is 0 Å². The first-order valence-electron chi connectivity index (χ1n) is 12.3. The average Bonchev–Trinajstić information content (AvgIpc) is 2.80. The van der Waals surface area contributed by atoms with E-state index < -0.39 is 24.4 Å². The normalized spacial score (nSPS) is 30.0. The molecule has 7 nitrogen and oxygen atoms in total. The molecule has 8 heteroatoms. The Morgan fingerprint density at radius 2 is 2.00 bits per heavy atom. The monoisotopic (exact) mass is 613 g/mol. The number of hydrogen-bond donors (Lipinski definition) is 3. The van der Waals surface area contributed by atoms with Crippen molar-refractivity contribution < 1.29 is 29.3 Å². The maximum absolute atomic E-state index is 12.5. The number of ether oxygens (including phenoxy) is 2. The van der Waals surface area contributed by atoms with Crippen molar-refractivity contribution in [2.24, 2.45) is 11.7 Å². The van der Waals surface area contributed by atoms with Gasteiger partial charge in [-0.25, -0.2) is 9.59 Å². The van der Waals surface area contributed by atoms with Crippen molar-refractivity contribution in [1.82, 2.24) is 0 Å².